The van der Waals surface area contributed by atoms with E-state index in [4.69, 9.17) is 5.11 Å². The van der Waals surface area contributed by atoms with Crippen molar-refractivity contribution in [3.8, 4) is 0 Å². The van der Waals surface area contributed by atoms with Crippen LogP contribution in [-0.2, 0) is 4.79 Å². The van der Waals surface area contributed by atoms with Gasteiger partial charge in [-0.1, -0.05) is 39.0 Å². The Labute approximate surface area is 189 Å². The molecule has 0 aromatic carbocycles. The predicted octanol–water partition coefficient (Wildman–Crippen LogP) is 2.81. The number of rotatable bonds is 18. The van der Waals surface area contributed by atoms with Gasteiger partial charge in [-0.2, -0.15) is 0 Å². The van der Waals surface area contributed by atoms with E-state index in [0.29, 0.717) is 31.5 Å². The number of likely N-dealkylation sites (N-methyl/N-ethyl adjacent to an activating group) is 1. The number of hydrogen-bond donors (Lipinski definition) is 6. The van der Waals surface area contributed by atoms with Crippen LogP contribution in [0.15, 0.2) is 0 Å². The van der Waals surface area contributed by atoms with Crippen molar-refractivity contribution in [1.29, 1.82) is 0 Å². The summed E-state index contributed by atoms with van der Waals surface area (Å²) in [5.41, 5.74) is -1.16. The van der Waals surface area contributed by atoms with Crippen molar-refractivity contribution in [2.24, 2.45) is 5.92 Å². The molecule has 0 spiro atoms. The van der Waals surface area contributed by atoms with Gasteiger partial charge in [-0.05, 0) is 64.3 Å². The van der Waals surface area contributed by atoms with Crippen LogP contribution in [0.2, 0.25) is 0 Å². The molecule has 7 nitrogen and oxygen atoms in total. The summed E-state index contributed by atoms with van der Waals surface area (Å²) in [6.45, 7) is 5.28. The molecule has 0 amide bonds. The molecule has 0 radical (unpaired) electrons. The Morgan fingerprint density at radius 3 is 2.48 bits per heavy atom. The van der Waals surface area contributed by atoms with E-state index in [1.807, 2.05) is 6.92 Å². The number of aliphatic hydroxyl groups is 3. The Bertz CT molecular complexity index is 479. The third kappa shape index (κ3) is 12.8. The monoisotopic (exact) mass is 444 g/mol. The smallest absolute Gasteiger partial charge is 0.306 e. The highest BCUT2D eigenvalue weighted by Gasteiger charge is 2.29. The Balaban J connectivity index is 2.28. The molecule has 1 saturated heterocycles. The summed E-state index contributed by atoms with van der Waals surface area (Å²) >= 11 is 0. The molecule has 1 aliphatic rings. The van der Waals surface area contributed by atoms with Gasteiger partial charge in [-0.15, -0.1) is 0 Å². The summed E-state index contributed by atoms with van der Waals surface area (Å²) in [5, 5.41) is 45.4. The minimum absolute atomic E-state index is 0.168. The molecule has 0 aromatic heterocycles. The largest absolute Gasteiger partial charge is 0.481 e. The van der Waals surface area contributed by atoms with Gasteiger partial charge < -0.3 is 31.1 Å². The normalized spacial score (nSPS) is 24.6. The molecular weight excluding hydrogens is 396 g/mol. The van der Waals surface area contributed by atoms with Gasteiger partial charge >= 0.3 is 5.97 Å². The van der Waals surface area contributed by atoms with Gasteiger partial charge in [-0.25, -0.2) is 0 Å². The van der Waals surface area contributed by atoms with Crippen LogP contribution < -0.4 is 10.6 Å². The lowest BCUT2D eigenvalue weighted by atomic mass is 9.87. The molecule has 0 aromatic rings. The summed E-state index contributed by atoms with van der Waals surface area (Å²) in [5.74, 6) is -0.336. The predicted molar refractivity (Wildman–Crippen MR) is 124 cm³/mol. The Morgan fingerprint density at radius 1 is 1.13 bits per heavy atom. The highest BCUT2D eigenvalue weighted by atomic mass is 16.4. The van der Waals surface area contributed by atoms with Crippen molar-refractivity contribution in [2.45, 2.75) is 121 Å². The van der Waals surface area contributed by atoms with Gasteiger partial charge in [-0.3, -0.25) is 4.79 Å². The second kappa shape index (κ2) is 16.0. The molecule has 31 heavy (non-hydrogen) atoms. The highest BCUT2D eigenvalue weighted by Crippen LogP contribution is 2.26. The fraction of sp³-hybridized carbons (Fsp3) is 0.958. The maximum absolute atomic E-state index is 11.1. The van der Waals surface area contributed by atoms with Gasteiger partial charge in [0.2, 0.25) is 0 Å². The summed E-state index contributed by atoms with van der Waals surface area (Å²) in [7, 11) is 0. The second-order valence-corrected chi connectivity index (χ2v) is 9.63. The number of nitrogens with one attached hydrogen (secondary N) is 2. The fourth-order valence-electron chi connectivity index (χ4n) is 4.78. The lowest BCUT2D eigenvalue weighted by Crippen LogP contribution is -2.48. The molecule has 5 atom stereocenters. The molecule has 0 bridgehead atoms. The number of aliphatic hydroxyl groups excluding tert-OH is 2. The molecule has 1 fully saturated rings. The molecule has 5 unspecified atom stereocenters. The van der Waals surface area contributed by atoms with E-state index in [1.165, 1.54) is 0 Å². The first-order chi connectivity index (χ1) is 14.8. The van der Waals surface area contributed by atoms with Crippen LogP contribution >= 0.6 is 0 Å². The summed E-state index contributed by atoms with van der Waals surface area (Å²) < 4.78 is 0. The van der Waals surface area contributed by atoms with E-state index in [9.17, 15) is 20.1 Å². The average molecular weight is 445 g/mol. The van der Waals surface area contributed by atoms with Crippen LogP contribution in [0.4, 0.5) is 0 Å². The zero-order valence-corrected chi connectivity index (χ0v) is 19.8. The van der Waals surface area contributed by atoms with Crippen LogP contribution in [0.1, 0.15) is 97.3 Å². The van der Waals surface area contributed by atoms with E-state index >= 15 is 0 Å². The Hall–Kier alpha value is -0.730. The van der Waals surface area contributed by atoms with E-state index < -0.39 is 11.6 Å². The van der Waals surface area contributed by atoms with Gasteiger partial charge in [0.05, 0.1) is 18.1 Å². The van der Waals surface area contributed by atoms with Gasteiger partial charge in [0, 0.05) is 25.2 Å². The van der Waals surface area contributed by atoms with Crippen molar-refractivity contribution in [3.63, 3.8) is 0 Å². The Morgan fingerprint density at radius 2 is 1.84 bits per heavy atom. The number of carboxylic acid groups (broad SMARTS) is 1. The zero-order chi connectivity index (χ0) is 23.1. The van der Waals surface area contributed by atoms with Crippen molar-refractivity contribution in [1.82, 2.24) is 10.6 Å². The molecule has 184 valence electrons. The first kappa shape index (κ1) is 28.3. The molecule has 0 saturated carbocycles. The number of hydrogen-bond acceptors (Lipinski definition) is 6. The molecular formula is C24H48N2O5. The lowest BCUT2D eigenvalue weighted by Gasteiger charge is -2.33. The summed E-state index contributed by atoms with van der Waals surface area (Å²) in [6.07, 6.45) is 11.4. The van der Waals surface area contributed by atoms with Crippen molar-refractivity contribution in [2.75, 3.05) is 19.7 Å². The van der Waals surface area contributed by atoms with Crippen molar-refractivity contribution in [3.05, 3.63) is 0 Å². The van der Waals surface area contributed by atoms with Crippen molar-refractivity contribution < 1.29 is 25.2 Å². The lowest BCUT2D eigenvalue weighted by molar-refractivity contribution is -0.142. The first-order valence-corrected chi connectivity index (χ1v) is 12.5. The Kier molecular flexibility index (Phi) is 14.6. The van der Waals surface area contributed by atoms with Crippen LogP contribution in [0, 0.1) is 5.92 Å². The number of carboxylic acids is 1. The van der Waals surface area contributed by atoms with E-state index in [1.54, 1.807) is 0 Å². The fourth-order valence-corrected chi connectivity index (χ4v) is 4.78. The van der Waals surface area contributed by atoms with Crippen molar-refractivity contribution >= 4 is 5.97 Å². The quantitative estimate of drug-likeness (QED) is 0.180. The third-order valence-corrected chi connectivity index (χ3v) is 6.77. The number of carbonyl (C=O) groups is 1. The average Bonchev–Trinajstić information content (AvgIpc) is 2.72. The van der Waals surface area contributed by atoms with Gasteiger partial charge in [0.15, 0.2) is 0 Å². The second-order valence-electron chi connectivity index (χ2n) is 9.63. The SMILES string of the molecule is CCNCC(O)(CCCCCCC(CCCO)CCC1CCC(O)C(C)N1)CC(=O)O. The molecule has 1 rings (SSSR count). The minimum atomic E-state index is -1.16. The number of piperidine rings is 1. The van der Waals surface area contributed by atoms with Crippen LogP contribution in [0.25, 0.3) is 0 Å². The minimum Gasteiger partial charge on any atom is -0.481 e. The molecule has 1 aliphatic heterocycles. The zero-order valence-electron chi connectivity index (χ0n) is 19.8. The van der Waals surface area contributed by atoms with Gasteiger partial charge in [0.1, 0.15) is 0 Å². The molecule has 6 N–H and O–H groups in total. The highest BCUT2D eigenvalue weighted by molar-refractivity contribution is 5.68. The third-order valence-electron chi connectivity index (χ3n) is 6.77. The van der Waals surface area contributed by atoms with E-state index in [2.05, 4.69) is 17.6 Å². The van der Waals surface area contributed by atoms with Gasteiger partial charge in [0.25, 0.3) is 0 Å². The topological polar surface area (TPSA) is 122 Å². The van der Waals surface area contributed by atoms with Crippen LogP contribution in [0.5, 0.6) is 0 Å². The number of unbranched alkanes of at least 4 members (excludes halogenated alkanes) is 3. The van der Waals surface area contributed by atoms with E-state index in [-0.39, 0.29) is 25.2 Å². The summed E-state index contributed by atoms with van der Waals surface area (Å²) in [4.78, 5) is 11.1. The van der Waals surface area contributed by atoms with E-state index in [0.717, 1.165) is 70.6 Å². The first-order valence-electron chi connectivity index (χ1n) is 12.5. The maximum Gasteiger partial charge on any atom is 0.306 e. The standard InChI is InChI=1S/C24H48N2O5/c1-3-25-18-24(31,17-23(29)30)15-7-5-4-6-9-20(10-8-16-27)11-12-21-13-14-22(28)19(2)26-21/h19-22,25-28,31H,3-18H2,1-2H3,(H,29,30). The van der Waals surface area contributed by atoms with Crippen LogP contribution in [-0.4, -0.2) is 69.9 Å². The summed E-state index contributed by atoms with van der Waals surface area (Å²) in [6, 6.07) is 0.653. The molecule has 1 heterocycles. The molecule has 0 aliphatic carbocycles. The maximum atomic E-state index is 11.1. The number of aliphatic carboxylic acids is 1. The van der Waals surface area contributed by atoms with Crippen LogP contribution in [0.3, 0.4) is 0 Å². The molecule has 7 heteroatoms.